The first kappa shape index (κ1) is 8.43. The van der Waals surface area contributed by atoms with Gasteiger partial charge < -0.3 is 4.98 Å². The molecule has 0 unspecified atom stereocenters. The summed E-state index contributed by atoms with van der Waals surface area (Å²) in [5, 5.41) is 10.6. The summed E-state index contributed by atoms with van der Waals surface area (Å²) >= 11 is 0. The number of aromatic nitrogens is 2. The van der Waals surface area contributed by atoms with Crippen molar-refractivity contribution in [1.82, 2.24) is 9.97 Å². The Hall–Kier alpha value is -2.17. The van der Waals surface area contributed by atoms with Crippen LogP contribution >= 0.6 is 0 Å². The van der Waals surface area contributed by atoms with E-state index in [2.05, 4.69) is 16.5 Å². The van der Waals surface area contributed by atoms with Crippen LogP contribution in [0.5, 0.6) is 0 Å². The lowest BCUT2D eigenvalue weighted by Gasteiger charge is -1.92. The Bertz CT molecular complexity index is 516. The van der Waals surface area contributed by atoms with E-state index in [-0.39, 0.29) is 5.69 Å². The van der Waals surface area contributed by atoms with Gasteiger partial charge in [0.05, 0.1) is 22.3 Å². The number of nitrogens with one attached hydrogen (secondary N) is 1. The Balaban J connectivity index is 2.75. The van der Waals surface area contributed by atoms with Gasteiger partial charge in [0.2, 0.25) is 0 Å². The second-order valence-electron chi connectivity index (χ2n) is 2.77. The molecule has 0 aliphatic rings. The SMILES string of the molecule is C=Cc1ccc2[nH]cc([N+](=O)[O-])c2n1. The maximum Gasteiger partial charge on any atom is 0.312 e. The summed E-state index contributed by atoms with van der Waals surface area (Å²) in [6.45, 7) is 3.55. The van der Waals surface area contributed by atoms with Crippen LogP contribution in [0.15, 0.2) is 24.9 Å². The van der Waals surface area contributed by atoms with E-state index in [0.29, 0.717) is 16.7 Å². The summed E-state index contributed by atoms with van der Waals surface area (Å²) in [7, 11) is 0. The van der Waals surface area contributed by atoms with Gasteiger partial charge >= 0.3 is 5.69 Å². The van der Waals surface area contributed by atoms with Crippen LogP contribution in [-0.4, -0.2) is 14.9 Å². The molecule has 0 fully saturated rings. The van der Waals surface area contributed by atoms with E-state index < -0.39 is 4.92 Å². The quantitative estimate of drug-likeness (QED) is 0.580. The van der Waals surface area contributed by atoms with Crippen LogP contribution < -0.4 is 0 Å². The van der Waals surface area contributed by atoms with Gasteiger partial charge in [-0.3, -0.25) is 10.1 Å². The van der Waals surface area contributed by atoms with Crippen LogP contribution in [-0.2, 0) is 0 Å². The summed E-state index contributed by atoms with van der Waals surface area (Å²) in [4.78, 5) is 17.0. The highest BCUT2D eigenvalue weighted by Crippen LogP contribution is 2.23. The van der Waals surface area contributed by atoms with E-state index in [1.807, 2.05) is 0 Å². The summed E-state index contributed by atoms with van der Waals surface area (Å²) in [6, 6.07) is 3.49. The molecule has 5 heteroatoms. The molecule has 2 aromatic heterocycles. The van der Waals surface area contributed by atoms with Crippen LogP contribution in [0.3, 0.4) is 0 Å². The number of fused-ring (bicyclic) bond motifs is 1. The summed E-state index contributed by atoms with van der Waals surface area (Å²) < 4.78 is 0. The molecular formula is C9H7N3O2. The highest BCUT2D eigenvalue weighted by Gasteiger charge is 2.14. The number of hydrogen-bond donors (Lipinski definition) is 1. The number of rotatable bonds is 2. The Morgan fingerprint density at radius 2 is 2.36 bits per heavy atom. The van der Waals surface area contributed by atoms with Crippen LogP contribution in [0.2, 0.25) is 0 Å². The summed E-state index contributed by atoms with van der Waals surface area (Å²) in [5.41, 5.74) is 1.64. The molecule has 14 heavy (non-hydrogen) atoms. The minimum Gasteiger partial charge on any atom is -0.354 e. The maximum absolute atomic E-state index is 10.6. The van der Waals surface area contributed by atoms with Gasteiger partial charge in [0.25, 0.3) is 0 Å². The smallest absolute Gasteiger partial charge is 0.312 e. The molecule has 0 atom stereocenters. The van der Waals surface area contributed by atoms with Crippen molar-refractivity contribution < 1.29 is 4.92 Å². The number of pyridine rings is 1. The second-order valence-corrected chi connectivity index (χ2v) is 2.77. The Kier molecular flexibility index (Phi) is 1.78. The van der Waals surface area contributed by atoms with Gasteiger partial charge in [-0.05, 0) is 18.2 Å². The van der Waals surface area contributed by atoms with Gasteiger partial charge in [-0.1, -0.05) is 6.58 Å². The van der Waals surface area contributed by atoms with E-state index in [1.54, 1.807) is 18.2 Å². The average molecular weight is 189 g/mol. The maximum atomic E-state index is 10.6. The van der Waals surface area contributed by atoms with Crippen molar-refractivity contribution in [3.63, 3.8) is 0 Å². The van der Waals surface area contributed by atoms with E-state index in [9.17, 15) is 10.1 Å². The molecular weight excluding hydrogens is 182 g/mol. The van der Waals surface area contributed by atoms with E-state index in [4.69, 9.17) is 0 Å². The van der Waals surface area contributed by atoms with Gasteiger partial charge in [-0.15, -0.1) is 0 Å². The van der Waals surface area contributed by atoms with Crippen LogP contribution in [0, 0.1) is 10.1 Å². The zero-order valence-electron chi connectivity index (χ0n) is 7.23. The van der Waals surface area contributed by atoms with Crippen molar-refractivity contribution >= 4 is 22.8 Å². The van der Waals surface area contributed by atoms with Gasteiger partial charge in [0.1, 0.15) is 0 Å². The fraction of sp³-hybridized carbons (Fsp3) is 0. The highest BCUT2D eigenvalue weighted by atomic mass is 16.6. The Morgan fingerprint density at radius 1 is 1.57 bits per heavy atom. The van der Waals surface area contributed by atoms with Crippen molar-refractivity contribution in [3.8, 4) is 0 Å². The molecule has 0 saturated heterocycles. The molecule has 0 aliphatic heterocycles. The molecule has 2 heterocycles. The lowest BCUT2D eigenvalue weighted by atomic mass is 10.3. The first-order valence-electron chi connectivity index (χ1n) is 3.97. The predicted molar refractivity (Wildman–Crippen MR) is 52.8 cm³/mol. The van der Waals surface area contributed by atoms with E-state index in [0.717, 1.165) is 0 Å². The molecule has 1 N–H and O–H groups in total. The number of hydrogen-bond acceptors (Lipinski definition) is 3. The normalized spacial score (nSPS) is 10.3. The molecule has 70 valence electrons. The third kappa shape index (κ3) is 1.15. The van der Waals surface area contributed by atoms with Crippen LogP contribution in [0.25, 0.3) is 17.1 Å². The Morgan fingerprint density at radius 3 is 3.00 bits per heavy atom. The van der Waals surface area contributed by atoms with E-state index >= 15 is 0 Å². The molecule has 0 saturated carbocycles. The first-order chi connectivity index (χ1) is 6.72. The van der Waals surface area contributed by atoms with Crippen molar-refractivity contribution in [2.24, 2.45) is 0 Å². The third-order valence-electron chi connectivity index (χ3n) is 1.93. The second kappa shape index (κ2) is 2.95. The van der Waals surface area contributed by atoms with Crippen molar-refractivity contribution in [3.05, 3.63) is 40.7 Å². The zero-order valence-corrected chi connectivity index (χ0v) is 7.23. The number of aromatic amines is 1. The molecule has 0 amide bonds. The number of H-pyrrole nitrogens is 1. The van der Waals surface area contributed by atoms with Crippen molar-refractivity contribution in [1.29, 1.82) is 0 Å². The fourth-order valence-electron chi connectivity index (χ4n) is 1.25. The lowest BCUT2D eigenvalue weighted by Crippen LogP contribution is -1.88. The average Bonchev–Trinajstić information content (AvgIpc) is 2.59. The van der Waals surface area contributed by atoms with Gasteiger partial charge in [0.15, 0.2) is 5.52 Å². The minimum absolute atomic E-state index is 0.0105. The molecule has 0 aliphatic carbocycles. The molecule has 0 aromatic carbocycles. The zero-order chi connectivity index (χ0) is 10.1. The first-order valence-corrected chi connectivity index (χ1v) is 3.97. The largest absolute Gasteiger partial charge is 0.354 e. The van der Waals surface area contributed by atoms with Crippen LogP contribution in [0.4, 0.5) is 5.69 Å². The topological polar surface area (TPSA) is 71.8 Å². The monoisotopic (exact) mass is 189 g/mol. The molecule has 0 spiro atoms. The standard InChI is InChI=1S/C9H7N3O2/c1-2-6-3-4-7-9(11-6)8(5-10-7)12(13)14/h2-5,10H,1H2. The molecule has 2 aromatic rings. The van der Waals surface area contributed by atoms with Gasteiger partial charge in [0, 0.05) is 0 Å². The minimum atomic E-state index is -0.460. The Labute approximate surface area is 79.2 Å². The van der Waals surface area contributed by atoms with Crippen LogP contribution in [0.1, 0.15) is 5.69 Å². The van der Waals surface area contributed by atoms with Gasteiger partial charge in [-0.25, -0.2) is 4.98 Å². The van der Waals surface area contributed by atoms with E-state index in [1.165, 1.54) is 6.20 Å². The van der Waals surface area contributed by atoms with Crippen molar-refractivity contribution in [2.75, 3.05) is 0 Å². The number of nitro groups is 1. The third-order valence-corrected chi connectivity index (χ3v) is 1.93. The summed E-state index contributed by atoms with van der Waals surface area (Å²) in [5.74, 6) is 0. The predicted octanol–water partition coefficient (Wildman–Crippen LogP) is 2.11. The fourth-order valence-corrected chi connectivity index (χ4v) is 1.25. The molecule has 2 rings (SSSR count). The molecule has 0 bridgehead atoms. The summed E-state index contributed by atoms with van der Waals surface area (Å²) in [6.07, 6.45) is 2.89. The van der Waals surface area contributed by atoms with Gasteiger partial charge in [-0.2, -0.15) is 0 Å². The molecule has 0 radical (unpaired) electrons. The van der Waals surface area contributed by atoms with Crippen molar-refractivity contribution in [2.45, 2.75) is 0 Å². The number of nitrogens with zero attached hydrogens (tertiary/aromatic N) is 2. The lowest BCUT2D eigenvalue weighted by molar-refractivity contribution is -0.383. The highest BCUT2D eigenvalue weighted by molar-refractivity contribution is 5.85. The molecule has 5 nitrogen and oxygen atoms in total.